The Morgan fingerprint density at radius 1 is 1.37 bits per heavy atom. The molecule has 27 heavy (non-hydrogen) atoms. The molecule has 1 aromatic heterocycles. The van der Waals surface area contributed by atoms with Gasteiger partial charge >= 0.3 is 0 Å². The Labute approximate surface area is 164 Å². The number of nitrogens with zero attached hydrogens (tertiary/aromatic N) is 2. The van der Waals surface area contributed by atoms with Crippen LogP contribution in [-0.4, -0.2) is 21.8 Å². The van der Waals surface area contributed by atoms with Gasteiger partial charge in [-0.25, -0.2) is 0 Å². The van der Waals surface area contributed by atoms with Gasteiger partial charge in [0.25, 0.3) is 0 Å². The van der Waals surface area contributed by atoms with E-state index in [4.69, 9.17) is 16.6 Å². The summed E-state index contributed by atoms with van der Waals surface area (Å²) in [6.45, 7) is 3.91. The van der Waals surface area contributed by atoms with Crippen LogP contribution in [0.5, 0.6) is 0 Å². The number of carbonyl (C=O) groups excluding carboxylic acids is 1. The molecular weight excluding hydrogens is 360 g/mol. The van der Waals surface area contributed by atoms with Crippen molar-refractivity contribution < 1.29 is 4.79 Å². The lowest BCUT2D eigenvalue weighted by molar-refractivity contribution is -0.118. The van der Waals surface area contributed by atoms with E-state index in [0.29, 0.717) is 17.7 Å². The van der Waals surface area contributed by atoms with Crippen LogP contribution in [0.2, 0.25) is 0 Å². The third-order valence-electron chi connectivity index (χ3n) is 5.47. The van der Waals surface area contributed by atoms with E-state index in [-0.39, 0.29) is 11.8 Å². The largest absolute Gasteiger partial charge is 0.309 e. The first kappa shape index (κ1) is 18.2. The number of anilines is 1. The molecule has 6 heteroatoms. The summed E-state index contributed by atoms with van der Waals surface area (Å²) in [6, 6.07) is 1.94. The van der Waals surface area contributed by atoms with Crippen molar-refractivity contribution in [3.63, 3.8) is 0 Å². The number of allylic oxidation sites excluding steroid dienone is 5. The third kappa shape index (κ3) is 4.24. The van der Waals surface area contributed by atoms with E-state index in [0.717, 1.165) is 47.0 Å². The molecule has 2 aliphatic carbocycles. The molecule has 1 amide bonds. The number of rotatable bonds is 4. The van der Waals surface area contributed by atoms with Gasteiger partial charge in [-0.15, -0.1) is 0 Å². The molecule has 1 saturated carbocycles. The molecule has 5 nitrogen and oxygen atoms in total. The number of amides is 1. The highest BCUT2D eigenvalue weighted by atomic mass is 35.5. The second kappa shape index (κ2) is 7.47. The van der Waals surface area contributed by atoms with Gasteiger partial charge in [-0.3, -0.25) is 14.9 Å². The molecule has 1 fully saturated rings. The molecule has 2 N–H and O–H groups in total. The van der Waals surface area contributed by atoms with Gasteiger partial charge in [0.15, 0.2) is 5.82 Å². The molecule has 0 saturated heterocycles. The summed E-state index contributed by atoms with van der Waals surface area (Å²) in [5, 5.41) is 11.0. The van der Waals surface area contributed by atoms with Gasteiger partial charge in [0.1, 0.15) is 0 Å². The molecule has 1 aromatic rings. The lowest BCUT2D eigenvalue weighted by Gasteiger charge is -2.22. The fourth-order valence-corrected chi connectivity index (χ4v) is 3.78. The second-order valence-corrected chi connectivity index (χ2v) is 8.22. The lowest BCUT2D eigenvalue weighted by Crippen LogP contribution is -2.24. The van der Waals surface area contributed by atoms with Crippen molar-refractivity contribution in [1.82, 2.24) is 10.2 Å². The number of carbonyl (C=O) groups is 1. The van der Waals surface area contributed by atoms with Crippen LogP contribution in [0.3, 0.4) is 0 Å². The Kier molecular flexibility index (Phi) is 5.04. The monoisotopic (exact) mass is 384 g/mol. The zero-order valence-corrected chi connectivity index (χ0v) is 16.5. The average molecular weight is 385 g/mol. The van der Waals surface area contributed by atoms with E-state index in [1.54, 1.807) is 0 Å². The minimum atomic E-state index is -0.332. The number of aromatic amines is 1. The Balaban J connectivity index is 1.50. The van der Waals surface area contributed by atoms with Crippen LogP contribution in [0, 0.1) is 11.8 Å². The van der Waals surface area contributed by atoms with Crippen molar-refractivity contribution in [3.8, 4) is 0 Å². The standard InChI is InChI=1S/C21H25ClN4O/c1-12-8-16-9-14(4-3-5-17(12)22)10-18(23-16)13(2)21(27)24-20-11-19(25-26-20)15-6-7-15/h5,8,10-11,13-15H,3-4,6-7,9H2,1-2H3,(H2,24,25,26,27)/b12-8+,17-5+. The van der Waals surface area contributed by atoms with Crippen LogP contribution in [-0.2, 0) is 4.79 Å². The summed E-state index contributed by atoms with van der Waals surface area (Å²) in [5.74, 6) is 1.15. The maximum Gasteiger partial charge on any atom is 0.234 e. The number of nitrogens with one attached hydrogen (secondary N) is 2. The highest BCUT2D eigenvalue weighted by Crippen LogP contribution is 2.39. The predicted molar refractivity (Wildman–Crippen MR) is 109 cm³/mol. The normalized spacial score (nSPS) is 27.6. The Hall–Kier alpha value is -2.14. The van der Waals surface area contributed by atoms with E-state index >= 15 is 0 Å². The minimum absolute atomic E-state index is 0.0782. The maximum absolute atomic E-state index is 12.7. The second-order valence-electron chi connectivity index (χ2n) is 7.81. The molecule has 2 unspecified atom stereocenters. The maximum atomic E-state index is 12.7. The van der Waals surface area contributed by atoms with Crippen LogP contribution in [0.1, 0.15) is 57.6 Å². The van der Waals surface area contributed by atoms with Gasteiger partial charge in [0.2, 0.25) is 5.91 Å². The first-order valence-electron chi connectivity index (χ1n) is 9.69. The Morgan fingerprint density at radius 3 is 2.96 bits per heavy atom. The van der Waals surface area contributed by atoms with Crippen molar-refractivity contribution in [1.29, 1.82) is 0 Å². The van der Waals surface area contributed by atoms with Gasteiger partial charge < -0.3 is 5.32 Å². The number of aromatic nitrogens is 2. The number of aliphatic imine (C=N–C) groups is 1. The highest BCUT2D eigenvalue weighted by Gasteiger charge is 2.27. The van der Waals surface area contributed by atoms with Crippen LogP contribution in [0.4, 0.5) is 5.82 Å². The van der Waals surface area contributed by atoms with Crippen molar-refractivity contribution in [2.45, 2.75) is 51.9 Å². The number of halogens is 1. The smallest absolute Gasteiger partial charge is 0.234 e. The Morgan fingerprint density at radius 2 is 2.19 bits per heavy atom. The van der Waals surface area contributed by atoms with Crippen molar-refractivity contribution in [3.05, 3.63) is 46.3 Å². The van der Waals surface area contributed by atoms with E-state index in [1.807, 2.05) is 26.0 Å². The van der Waals surface area contributed by atoms with Crippen molar-refractivity contribution in [2.75, 3.05) is 5.32 Å². The number of hydrogen-bond donors (Lipinski definition) is 2. The quantitative estimate of drug-likeness (QED) is 0.760. The lowest BCUT2D eigenvalue weighted by atomic mass is 9.90. The molecular formula is C21H25ClN4O. The van der Waals surface area contributed by atoms with Crippen LogP contribution in [0.25, 0.3) is 0 Å². The topological polar surface area (TPSA) is 70.1 Å². The summed E-state index contributed by atoms with van der Waals surface area (Å²) in [6.07, 6.45) is 11.5. The third-order valence-corrected chi connectivity index (χ3v) is 5.93. The molecule has 0 aromatic carbocycles. The van der Waals surface area contributed by atoms with E-state index in [1.165, 1.54) is 12.8 Å². The molecule has 2 atom stereocenters. The van der Waals surface area contributed by atoms with Crippen molar-refractivity contribution >= 4 is 29.0 Å². The van der Waals surface area contributed by atoms with Crippen LogP contribution >= 0.6 is 11.6 Å². The number of fused-ring (bicyclic) bond motifs is 2. The minimum Gasteiger partial charge on any atom is -0.309 e. The van der Waals surface area contributed by atoms with E-state index < -0.39 is 0 Å². The summed E-state index contributed by atoms with van der Waals surface area (Å²) >= 11 is 6.32. The summed E-state index contributed by atoms with van der Waals surface area (Å²) in [4.78, 5) is 17.5. The molecule has 0 radical (unpaired) electrons. The van der Waals surface area contributed by atoms with Crippen LogP contribution < -0.4 is 5.32 Å². The van der Waals surface area contributed by atoms with Gasteiger partial charge in [-0.1, -0.05) is 23.8 Å². The summed E-state index contributed by atoms with van der Waals surface area (Å²) in [7, 11) is 0. The summed E-state index contributed by atoms with van der Waals surface area (Å²) in [5.41, 5.74) is 3.97. The Bertz CT molecular complexity index is 872. The average Bonchev–Trinajstić information content (AvgIpc) is 3.39. The van der Waals surface area contributed by atoms with E-state index in [2.05, 4.69) is 27.7 Å². The van der Waals surface area contributed by atoms with E-state index in [9.17, 15) is 4.79 Å². The molecule has 3 aliphatic rings. The SMILES string of the molecule is CC1=C\C2=NC(C(C)C(=O)Nc3cc(C4CC4)[nH]n3)=CC(CC/C=C\1Cl)C2. The van der Waals surface area contributed by atoms with Gasteiger partial charge in [-0.2, -0.15) is 5.10 Å². The molecule has 1 aliphatic heterocycles. The summed E-state index contributed by atoms with van der Waals surface area (Å²) < 4.78 is 0. The predicted octanol–water partition coefficient (Wildman–Crippen LogP) is 5.07. The number of hydrogen-bond acceptors (Lipinski definition) is 3. The highest BCUT2D eigenvalue weighted by molar-refractivity contribution is 6.32. The molecule has 2 bridgehead atoms. The first-order chi connectivity index (χ1) is 13.0. The van der Waals surface area contributed by atoms with Crippen LogP contribution in [0.15, 0.2) is 45.6 Å². The van der Waals surface area contributed by atoms with Gasteiger partial charge in [-0.05, 0) is 63.5 Å². The zero-order chi connectivity index (χ0) is 19.0. The fourth-order valence-electron chi connectivity index (χ4n) is 3.61. The zero-order valence-electron chi connectivity index (χ0n) is 15.8. The van der Waals surface area contributed by atoms with Gasteiger partial charge in [0.05, 0.1) is 5.92 Å². The molecule has 0 spiro atoms. The molecule has 4 rings (SSSR count). The van der Waals surface area contributed by atoms with Gasteiger partial charge in [0, 0.05) is 34.1 Å². The molecule has 2 heterocycles. The first-order valence-corrected chi connectivity index (χ1v) is 10.1. The number of H-pyrrole nitrogens is 1. The van der Waals surface area contributed by atoms with Crippen molar-refractivity contribution in [2.24, 2.45) is 16.8 Å². The molecule has 142 valence electrons. The fraction of sp³-hybridized carbons (Fsp3) is 0.476.